The number of piperidine rings is 1. The highest BCUT2D eigenvalue weighted by atomic mass is 16.5. The second-order valence-corrected chi connectivity index (χ2v) is 5.82. The molecule has 2 fully saturated rings. The van der Waals surface area contributed by atoms with Crippen LogP contribution in [0, 0.1) is 11.8 Å². The van der Waals surface area contributed by atoms with Crippen LogP contribution >= 0.6 is 0 Å². The monoisotopic (exact) mass is 226 g/mol. The lowest BCUT2D eigenvalue weighted by atomic mass is 9.87. The van der Waals surface area contributed by atoms with E-state index in [2.05, 4.69) is 18.7 Å². The van der Waals surface area contributed by atoms with Crippen LogP contribution in [0.15, 0.2) is 0 Å². The zero-order valence-corrected chi connectivity index (χ0v) is 10.9. The third-order valence-corrected chi connectivity index (χ3v) is 4.78. The summed E-state index contributed by atoms with van der Waals surface area (Å²) in [5, 5.41) is 0. The summed E-state index contributed by atoms with van der Waals surface area (Å²) in [5.41, 5.74) is 6.24. The molecule has 1 aliphatic carbocycles. The molecule has 0 spiro atoms. The van der Waals surface area contributed by atoms with Crippen molar-refractivity contribution in [2.24, 2.45) is 17.6 Å². The van der Waals surface area contributed by atoms with E-state index in [-0.39, 0.29) is 5.54 Å². The maximum atomic E-state index is 6.02. The van der Waals surface area contributed by atoms with E-state index in [4.69, 9.17) is 10.5 Å². The SMILES string of the molecule is COC1CN(C(C)(CN)C2CC2)CCC1C. The van der Waals surface area contributed by atoms with Crippen LogP contribution in [-0.4, -0.2) is 43.3 Å². The third kappa shape index (κ3) is 2.13. The van der Waals surface area contributed by atoms with E-state index in [1.807, 2.05) is 7.11 Å². The first-order valence-electron chi connectivity index (χ1n) is 6.59. The highest BCUT2D eigenvalue weighted by Gasteiger charge is 2.46. The average molecular weight is 226 g/mol. The number of hydrogen-bond acceptors (Lipinski definition) is 3. The first kappa shape index (κ1) is 12.3. The van der Waals surface area contributed by atoms with Crippen LogP contribution < -0.4 is 5.73 Å². The molecule has 3 nitrogen and oxygen atoms in total. The number of rotatable bonds is 4. The van der Waals surface area contributed by atoms with Gasteiger partial charge in [0.15, 0.2) is 0 Å². The number of nitrogens with zero attached hydrogens (tertiary/aromatic N) is 1. The minimum Gasteiger partial charge on any atom is -0.380 e. The van der Waals surface area contributed by atoms with E-state index >= 15 is 0 Å². The second-order valence-electron chi connectivity index (χ2n) is 5.82. The van der Waals surface area contributed by atoms with Gasteiger partial charge < -0.3 is 10.5 Å². The van der Waals surface area contributed by atoms with E-state index in [0.717, 1.165) is 19.0 Å². The maximum Gasteiger partial charge on any atom is 0.0724 e. The molecule has 94 valence electrons. The number of methoxy groups -OCH3 is 1. The molecule has 3 unspecified atom stereocenters. The van der Waals surface area contributed by atoms with Gasteiger partial charge in [-0.25, -0.2) is 0 Å². The highest BCUT2D eigenvalue weighted by molar-refractivity contribution is 5.02. The van der Waals surface area contributed by atoms with Gasteiger partial charge >= 0.3 is 0 Å². The molecule has 0 aromatic heterocycles. The Bertz CT molecular complexity index is 242. The van der Waals surface area contributed by atoms with Crippen LogP contribution in [0.2, 0.25) is 0 Å². The third-order valence-electron chi connectivity index (χ3n) is 4.78. The van der Waals surface area contributed by atoms with Gasteiger partial charge in [0.05, 0.1) is 6.10 Å². The first-order valence-corrected chi connectivity index (χ1v) is 6.59. The normalized spacial score (nSPS) is 36.0. The Morgan fingerprint density at radius 1 is 1.38 bits per heavy atom. The molecule has 0 bridgehead atoms. The smallest absolute Gasteiger partial charge is 0.0724 e. The number of nitrogens with two attached hydrogens (primary N) is 1. The maximum absolute atomic E-state index is 6.02. The minimum atomic E-state index is 0.219. The number of ether oxygens (including phenoxy) is 1. The molecule has 0 aromatic carbocycles. The molecule has 1 saturated heterocycles. The molecule has 1 saturated carbocycles. The Labute approximate surface area is 99.3 Å². The fraction of sp³-hybridized carbons (Fsp3) is 1.00. The highest BCUT2D eigenvalue weighted by Crippen LogP contribution is 2.43. The Kier molecular flexibility index (Phi) is 3.57. The summed E-state index contributed by atoms with van der Waals surface area (Å²) in [5.74, 6) is 1.51. The molecule has 3 heteroatoms. The van der Waals surface area contributed by atoms with Crippen LogP contribution in [-0.2, 0) is 4.74 Å². The van der Waals surface area contributed by atoms with Gasteiger partial charge in [0.2, 0.25) is 0 Å². The van der Waals surface area contributed by atoms with Crippen molar-refractivity contribution in [2.45, 2.75) is 44.8 Å². The topological polar surface area (TPSA) is 38.5 Å². The van der Waals surface area contributed by atoms with E-state index in [0.29, 0.717) is 12.0 Å². The summed E-state index contributed by atoms with van der Waals surface area (Å²) >= 11 is 0. The quantitative estimate of drug-likeness (QED) is 0.789. The fourth-order valence-electron chi connectivity index (χ4n) is 3.06. The van der Waals surface area contributed by atoms with Crippen molar-refractivity contribution < 1.29 is 4.74 Å². The summed E-state index contributed by atoms with van der Waals surface area (Å²) < 4.78 is 5.59. The Hall–Kier alpha value is -0.120. The molecule has 2 N–H and O–H groups in total. The Balaban J connectivity index is 2.03. The van der Waals surface area contributed by atoms with Gasteiger partial charge in [-0.15, -0.1) is 0 Å². The lowest BCUT2D eigenvalue weighted by Gasteiger charge is -2.47. The zero-order valence-electron chi connectivity index (χ0n) is 10.9. The molecule has 3 atom stereocenters. The molecular formula is C13H26N2O. The van der Waals surface area contributed by atoms with Crippen LogP contribution in [0.1, 0.15) is 33.1 Å². The van der Waals surface area contributed by atoms with Gasteiger partial charge in [-0.05, 0) is 44.6 Å². The second kappa shape index (κ2) is 4.63. The van der Waals surface area contributed by atoms with Crippen molar-refractivity contribution >= 4 is 0 Å². The molecule has 2 rings (SSSR count). The Morgan fingerprint density at radius 3 is 2.56 bits per heavy atom. The predicted molar refractivity (Wildman–Crippen MR) is 66.3 cm³/mol. The van der Waals surface area contributed by atoms with Crippen molar-refractivity contribution in [3.8, 4) is 0 Å². The van der Waals surface area contributed by atoms with Crippen molar-refractivity contribution in [3.05, 3.63) is 0 Å². The Morgan fingerprint density at radius 2 is 2.06 bits per heavy atom. The molecule has 0 amide bonds. The van der Waals surface area contributed by atoms with Gasteiger partial charge in [-0.1, -0.05) is 6.92 Å². The minimum absolute atomic E-state index is 0.219. The lowest BCUT2D eigenvalue weighted by molar-refractivity contribution is -0.0458. The average Bonchev–Trinajstić information content (AvgIpc) is 3.13. The zero-order chi connectivity index (χ0) is 11.8. The molecule has 16 heavy (non-hydrogen) atoms. The standard InChI is InChI=1S/C13H26N2O/c1-10-6-7-15(8-12(10)16-3)13(2,9-14)11-4-5-11/h10-12H,4-9,14H2,1-3H3. The summed E-state index contributed by atoms with van der Waals surface area (Å²) in [7, 11) is 1.83. The fourth-order valence-corrected chi connectivity index (χ4v) is 3.06. The van der Waals surface area contributed by atoms with Crippen molar-refractivity contribution in [3.63, 3.8) is 0 Å². The molecule has 0 aromatic rings. The summed E-state index contributed by atoms with van der Waals surface area (Å²) in [6.45, 7) is 7.66. The lowest BCUT2D eigenvalue weighted by Crippen LogP contribution is -2.59. The van der Waals surface area contributed by atoms with Crippen LogP contribution in [0.4, 0.5) is 0 Å². The van der Waals surface area contributed by atoms with Gasteiger partial charge in [0.1, 0.15) is 0 Å². The van der Waals surface area contributed by atoms with Crippen LogP contribution in [0.3, 0.4) is 0 Å². The van der Waals surface area contributed by atoms with E-state index in [1.54, 1.807) is 0 Å². The molecule has 2 aliphatic rings. The summed E-state index contributed by atoms with van der Waals surface area (Å²) in [6.07, 6.45) is 4.34. The molecule has 1 aliphatic heterocycles. The van der Waals surface area contributed by atoms with E-state index < -0.39 is 0 Å². The van der Waals surface area contributed by atoms with Crippen LogP contribution in [0.5, 0.6) is 0 Å². The van der Waals surface area contributed by atoms with Gasteiger partial charge in [-0.2, -0.15) is 0 Å². The molecule has 0 radical (unpaired) electrons. The summed E-state index contributed by atoms with van der Waals surface area (Å²) in [4.78, 5) is 2.58. The first-order chi connectivity index (χ1) is 7.61. The summed E-state index contributed by atoms with van der Waals surface area (Å²) in [6, 6.07) is 0. The number of hydrogen-bond donors (Lipinski definition) is 1. The van der Waals surface area contributed by atoms with E-state index in [9.17, 15) is 0 Å². The largest absolute Gasteiger partial charge is 0.380 e. The van der Waals surface area contributed by atoms with Crippen molar-refractivity contribution in [1.29, 1.82) is 0 Å². The van der Waals surface area contributed by atoms with E-state index in [1.165, 1.54) is 25.8 Å². The van der Waals surface area contributed by atoms with Gasteiger partial charge in [0.25, 0.3) is 0 Å². The molecular weight excluding hydrogens is 200 g/mol. The number of likely N-dealkylation sites (tertiary alicyclic amines) is 1. The molecule has 1 heterocycles. The van der Waals surface area contributed by atoms with Gasteiger partial charge in [-0.3, -0.25) is 4.90 Å². The van der Waals surface area contributed by atoms with Crippen LogP contribution in [0.25, 0.3) is 0 Å². The van der Waals surface area contributed by atoms with Gasteiger partial charge in [0, 0.05) is 25.7 Å². The van der Waals surface area contributed by atoms with Crippen molar-refractivity contribution in [2.75, 3.05) is 26.7 Å². The van der Waals surface area contributed by atoms with Crippen molar-refractivity contribution in [1.82, 2.24) is 4.90 Å². The predicted octanol–water partition coefficient (Wildman–Crippen LogP) is 1.47.